The van der Waals surface area contributed by atoms with Crippen molar-refractivity contribution < 1.29 is 14.3 Å². The van der Waals surface area contributed by atoms with E-state index < -0.39 is 0 Å². The maximum Gasteiger partial charge on any atom is 0.272 e. The average molecular weight is 483 g/mol. The van der Waals surface area contributed by atoms with Crippen LogP contribution in [0.5, 0.6) is 5.75 Å². The van der Waals surface area contributed by atoms with Gasteiger partial charge in [-0.25, -0.2) is 0 Å². The first-order valence-electron chi connectivity index (χ1n) is 12.1. The molecule has 0 saturated carbocycles. The van der Waals surface area contributed by atoms with Crippen LogP contribution in [0.25, 0.3) is 10.9 Å². The van der Waals surface area contributed by atoms with Gasteiger partial charge in [-0.3, -0.25) is 9.59 Å². The molecule has 2 amide bonds. The molecule has 0 spiro atoms. The van der Waals surface area contributed by atoms with Gasteiger partial charge in [0.1, 0.15) is 11.4 Å². The molecule has 1 aliphatic rings. The summed E-state index contributed by atoms with van der Waals surface area (Å²) in [4.78, 5) is 34.1. The second-order valence-electron chi connectivity index (χ2n) is 9.20. The van der Waals surface area contributed by atoms with Gasteiger partial charge in [-0.05, 0) is 50.2 Å². The van der Waals surface area contributed by atoms with Crippen LogP contribution in [0.3, 0.4) is 0 Å². The third-order valence-electron chi connectivity index (χ3n) is 6.71. The first-order chi connectivity index (χ1) is 17.4. The summed E-state index contributed by atoms with van der Waals surface area (Å²) in [7, 11) is 1.67. The maximum absolute atomic E-state index is 13.7. The largest absolute Gasteiger partial charge is 0.495 e. The van der Waals surface area contributed by atoms with Crippen LogP contribution >= 0.6 is 0 Å². The van der Waals surface area contributed by atoms with Crippen LogP contribution in [0.1, 0.15) is 32.0 Å². The van der Waals surface area contributed by atoms with Crippen molar-refractivity contribution in [3.05, 3.63) is 89.1 Å². The number of aromatic amines is 1. The van der Waals surface area contributed by atoms with Gasteiger partial charge in [0, 0.05) is 42.6 Å². The van der Waals surface area contributed by atoms with Crippen LogP contribution < -0.4 is 15.0 Å². The summed E-state index contributed by atoms with van der Waals surface area (Å²) in [6, 6.07) is 21.3. The number of benzene rings is 3. The van der Waals surface area contributed by atoms with E-state index in [-0.39, 0.29) is 11.8 Å². The van der Waals surface area contributed by atoms with Crippen molar-refractivity contribution in [1.29, 1.82) is 0 Å². The molecular weight excluding hydrogens is 452 g/mol. The molecule has 1 fully saturated rings. The number of anilines is 2. The molecule has 3 aromatic carbocycles. The van der Waals surface area contributed by atoms with Crippen LogP contribution in [0.15, 0.2) is 66.7 Å². The molecule has 0 unspecified atom stereocenters. The monoisotopic (exact) mass is 482 g/mol. The number of methoxy groups -OCH3 is 1. The number of nitrogens with zero attached hydrogens (tertiary/aromatic N) is 2. The SMILES string of the molecule is COc1ccccc1N1CCN(C(=O)c2[nH]c3ccc(C)cc3c2NC(=O)c2ccc(C)cc2)CC1. The smallest absolute Gasteiger partial charge is 0.272 e. The van der Waals surface area contributed by atoms with Gasteiger partial charge in [-0.1, -0.05) is 41.5 Å². The molecule has 0 aliphatic carbocycles. The Morgan fingerprint density at radius 3 is 2.31 bits per heavy atom. The third kappa shape index (κ3) is 4.52. The maximum atomic E-state index is 13.7. The molecule has 1 aliphatic heterocycles. The van der Waals surface area contributed by atoms with E-state index in [1.807, 2.05) is 73.3 Å². The minimum Gasteiger partial charge on any atom is -0.495 e. The predicted octanol–water partition coefficient (Wildman–Crippen LogP) is 5.01. The molecule has 0 radical (unpaired) electrons. The lowest BCUT2D eigenvalue weighted by molar-refractivity contribution is 0.0743. The van der Waals surface area contributed by atoms with E-state index in [0.717, 1.165) is 33.5 Å². The zero-order chi connectivity index (χ0) is 25.2. The number of H-pyrrole nitrogens is 1. The number of carbonyl (C=O) groups excluding carboxylic acids is 2. The Balaban J connectivity index is 1.41. The number of hydrogen-bond acceptors (Lipinski definition) is 4. The average Bonchev–Trinajstić information content (AvgIpc) is 3.25. The van der Waals surface area contributed by atoms with Crippen LogP contribution in [0.4, 0.5) is 11.4 Å². The van der Waals surface area contributed by atoms with Crippen molar-refractivity contribution in [3.8, 4) is 5.75 Å². The van der Waals surface area contributed by atoms with Crippen LogP contribution in [0, 0.1) is 13.8 Å². The van der Waals surface area contributed by atoms with Crippen LogP contribution in [-0.4, -0.2) is 55.0 Å². The lowest BCUT2D eigenvalue weighted by Gasteiger charge is -2.36. The molecule has 1 aromatic heterocycles. The summed E-state index contributed by atoms with van der Waals surface area (Å²) in [5.74, 6) is 0.458. The van der Waals surface area contributed by atoms with Crippen LogP contribution in [0.2, 0.25) is 0 Å². The highest BCUT2D eigenvalue weighted by Crippen LogP contribution is 2.32. The van der Waals surface area contributed by atoms with Gasteiger partial charge in [0.25, 0.3) is 11.8 Å². The number of para-hydroxylation sites is 2. The standard InChI is InChI=1S/C29H30N4O3/c1-19-8-11-21(12-9-19)28(34)31-26-22-18-20(2)10-13-23(22)30-27(26)29(35)33-16-14-32(15-17-33)24-6-4-5-7-25(24)36-3/h4-13,18,30H,14-17H2,1-3H3,(H,31,34). The Labute approximate surface area is 210 Å². The van der Waals surface area contributed by atoms with Gasteiger partial charge in [-0.15, -0.1) is 0 Å². The van der Waals surface area contributed by atoms with Gasteiger partial charge >= 0.3 is 0 Å². The zero-order valence-electron chi connectivity index (χ0n) is 20.8. The Bertz CT molecular complexity index is 1420. The summed E-state index contributed by atoms with van der Waals surface area (Å²) in [5, 5.41) is 3.85. The lowest BCUT2D eigenvalue weighted by Crippen LogP contribution is -2.49. The Morgan fingerprint density at radius 1 is 0.889 bits per heavy atom. The van der Waals surface area contributed by atoms with Crippen LogP contribution in [-0.2, 0) is 0 Å². The summed E-state index contributed by atoms with van der Waals surface area (Å²) >= 11 is 0. The molecule has 36 heavy (non-hydrogen) atoms. The molecular formula is C29H30N4O3. The van der Waals surface area contributed by atoms with E-state index in [4.69, 9.17) is 4.74 Å². The summed E-state index contributed by atoms with van der Waals surface area (Å²) < 4.78 is 5.51. The summed E-state index contributed by atoms with van der Waals surface area (Å²) in [6.07, 6.45) is 0. The number of hydrogen-bond donors (Lipinski definition) is 2. The predicted molar refractivity (Wildman–Crippen MR) is 143 cm³/mol. The molecule has 7 heteroatoms. The number of carbonyl (C=O) groups is 2. The highest BCUT2D eigenvalue weighted by Gasteiger charge is 2.28. The number of fused-ring (bicyclic) bond motifs is 1. The molecule has 4 aromatic rings. The second kappa shape index (κ2) is 9.77. The molecule has 1 saturated heterocycles. The van der Waals surface area contributed by atoms with Gasteiger partial charge in [0.2, 0.25) is 0 Å². The first kappa shape index (κ1) is 23.5. The van der Waals surface area contributed by atoms with Crippen molar-refractivity contribution in [2.24, 2.45) is 0 Å². The van der Waals surface area contributed by atoms with E-state index in [2.05, 4.69) is 15.2 Å². The fourth-order valence-corrected chi connectivity index (χ4v) is 4.69. The molecule has 184 valence electrons. The van der Waals surface area contributed by atoms with Crippen molar-refractivity contribution in [2.75, 3.05) is 43.5 Å². The highest BCUT2D eigenvalue weighted by molar-refractivity contribution is 6.15. The number of ether oxygens (including phenoxy) is 1. The molecule has 0 atom stereocenters. The number of amides is 2. The number of nitrogens with one attached hydrogen (secondary N) is 2. The zero-order valence-corrected chi connectivity index (χ0v) is 20.8. The fraction of sp³-hybridized carbons (Fsp3) is 0.241. The van der Waals surface area contributed by atoms with Crippen molar-refractivity contribution >= 4 is 34.1 Å². The normalized spacial score (nSPS) is 13.6. The Hall–Kier alpha value is -4.26. The van der Waals surface area contributed by atoms with Crippen molar-refractivity contribution in [2.45, 2.75) is 13.8 Å². The minimum absolute atomic E-state index is 0.122. The van der Waals surface area contributed by atoms with E-state index in [1.165, 1.54) is 0 Å². The van der Waals surface area contributed by atoms with Crippen molar-refractivity contribution in [1.82, 2.24) is 9.88 Å². The van der Waals surface area contributed by atoms with Gasteiger partial charge in [-0.2, -0.15) is 0 Å². The topological polar surface area (TPSA) is 77.7 Å². The number of piperazine rings is 1. The Morgan fingerprint density at radius 2 is 1.58 bits per heavy atom. The second-order valence-corrected chi connectivity index (χ2v) is 9.20. The number of rotatable bonds is 5. The first-order valence-corrected chi connectivity index (χ1v) is 12.1. The minimum atomic E-state index is -0.243. The quantitative estimate of drug-likeness (QED) is 0.419. The molecule has 2 N–H and O–H groups in total. The van der Waals surface area contributed by atoms with E-state index in [0.29, 0.717) is 43.1 Å². The molecule has 0 bridgehead atoms. The van der Waals surface area contributed by atoms with Gasteiger partial charge in [0.15, 0.2) is 0 Å². The van der Waals surface area contributed by atoms with Gasteiger partial charge < -0.3 is 24.8 Å². The highest BCUT2D eigenvalue weighted by atomic mass is 16.5. The lowest BCUT2D eigenvalue weighted by atomic mass is 10.1. The molecule has 7 nitrogen and oxygen atoms in total. The molecule has 5 rings (SSSR count). The van der Waals surface area contributed by atoms with Crippen molar-refractivity contribution in [3.63, 3.8) is 0 Å². The van der Waals surface area contributed by atoms with Gasteiger partial charge in [0.05, 0.1) is 18.5 Å². The summed E-state index contributed by atoms with van der Waals surface area (Å²) in [6.45, 7) is 6.49. The number of aromatic nitrogens is 1. The third-order valence-corrected chi connectivity index (χ3v) is 6.71. The van der Waals surface area contributed by atoms with E-state index in [1.54, 1.807) is 19.2 Å². The Kier molecular flexibility index (Phi) is 6.38. The molecule has 2 heterocycles. The van der Waals surface area contributed by atoms with E-state index in [9.17, 15) is 9.59 Å². The summed E-state index contributed by atoms with van der Waals surface area (Å²) in [5.41, 5.74) is 5.45. The fourth-order valence-electron chi connectivity index (χ4n) is 4.69. The number of aryl methyl sites for hydroxylation is 2. The van der Waals surface area contributed by atoms with E-state index >= 15 is 0 Å².